The molecule has 0 spiro atoms. The van der Waals surface area contributed by atoms with Crippen molar-refractivity contribution in [2.24, 2.45) is 0 Å². The number of aromatic nitrogens is 2. The van der Waals surface area contributed by atoms with Crippen molar-refractivity contribution in [3.05, 3.63) is 40.1 Å². The number of halogens is 2. The zero-order chi connectivity index (χ0) is 9.97. The Kier molecular flexibility index (Phi) is 2.74. The van der Waals surface area contributed by atoms with Gasteiger partial charge < -0.3 is 4.74 Å². The number of hydrogen-bond donors (Lipinski definition) is 1. The summed E-state index contributed by atoms with van der Waals surface area (Å²) in [5.41, 5.74) is 0. The van der Waals surface area contributed by atoms with Crippen molar-refractivity contribution in [1.82, 2.24) is 9.97 Å². The number of benzene rings is 1. The molecule has 5 heteroatoms. The quantitative estimate of drug-likeness (QED) is 0.907. The van der Waals surface area contributed by atoms with Gasteiger partial charge in [-0.2, -0.15) is 0 Å². The first-order chi connectivity index (χ1) is 6.75. The average Bonchev–Trinajstić information content (AvgIpc) is 2.56. The molecule has 1 heterocycles. The van der Waals surface area contributed by atoms with E-state index in [2.05, 4.69) is 25.9 Å². The van der Waals surface area contributed by atoms with Gasteiger partial charge in [0.25, 0.3) is 6.01 Å². The van der Waals surface area contributed by atoms with Gasteiger partial charge in [0.15, 0.2) is 0 Å². The Morgan fingerprint density at radius 3 is 2.79 bits per heavy atom. The molecule has 2 aromatic rings. The molecule has 0 bridgehead atoms. The van der Waals surface area contributed by atoms with Gasteiger partial charge in [0.05, 0.1) is 10.7 Å². The van der Waals surface area contributed by atoms with Crippen molar-refractivity contribution in [3.8, 4) is 11.8 Å². The van der Waals surface area contributed by atoms with Crippen molar-refractivity contribution in [2.45, 2.75) is 0 Å². The van der Waals surface area contributed by atoms with E-state index in [0.29, 0.717) is 16.9 Å². The van der Waals surface area contributed by atoms with Crippen LogP contribution in [-0.2, 0) is 0 Å². The molecule has 0 fully saturated rings. The SMILES string of the molecule is Clc1cnc(Oc2ccccc2Br)[nH]1. The first-order valence-corrected chi connectivity index (χ1v) is 5.06. The van der Waals surface area contributed by atoms with E-state index in [1.807, 2.05) is 24.3 Å². The Bertz CT molecular complexity index is 444. The van der Waals surface area contributed by atoms with Gasteiger partial charge in [-0.05, 0) is 28.1 Å². The second-order valence-electron chi connectivity index (χ2n) is 2.57. The summed E-state index contributed by atoms with van der Waals surface area (Å²) < 4.78 is 6.30. The monoisotopic (exact) mass is 272 g/mol. The third kappa shape index (κ3) is 2.08. The summed E-state index contributed by atoms with van der Waals surface area (Å²) in [5, 5.41) is 0.451. The molecular formula is C9H6BrClN2O. The highest BCUT2D eigenvalue weighted by atomic mass is 79.9. The van der Waals surface area contributed by atoms with Crippen molar-refractivity contribution >= 4 is 27.5 Å². The Morgan fingerprint density at radius 2 is 2.14 bits per heavy atom. The minimum atomic E-state index is 0.377. The van der Waals surface area contributed by atoms with E-state index in [-0.39, 0.29) is 0 Å². The summed E-state index contributed by atoms with van der Waals surface area (Å²) in [5.74, 6) is 0.693. The van der Waals surface area contributed by atoms with Crippen LogP contribution in [0.5, 0.6) is 11.8 Å². The molecule has 0 aliphatic carbocycles. The second kappa shape index (κ2) is 4.02. The molecular weight excluding hydrogens is 267 g/mol. The standard InChI is InChI=1S/C9H6BrClN2O/c10-6-3-1-2-4-7(6)14-9-12-5-8(11)13-9/h1-5H,(H,12,13). The summed E-state index contributed by atoms with van der Waals surface area (Å²) in [6, 6.07) is 7.89. The van der Waals surface area contributed by atoms with Crippen LogP contribution in [0.2, 0.25) is 5.15 Å². The number of aromatic amines is 1. The summed E-state index contributed by atoms with van der Waals surface area (Å²) in [7, 11) is 0. The predicted octanol–water partition coefficient (Wildman–Crippen LogP) is 3.62. The molecule has 2 rings (SSSR count). The van der Waals surface area contributed by atoms with Crippen molar-refractivity contribution in [1.29, 1.82) is 0 Å². The predicted molar refractivity (Wildman–Crippen MR) is 57.8 cm³/mol. The van der Waals surface area contributed by atoms with E-state index in [1.165, 1.54) is 6.20 Å². The highest BCUT2D eigenvalue weighted by Gasteiger charge is 2.03. The maximum Gasteiger partial charge on any atom is 0.300 e. The Hall–Kier alpha value is -1.000. The van der Waals surface area contributed by atoms with Gasteiger partial charge in [-0.3, -0.25) is 4.98 Å². The van der Waals surface area contributed by atoms with Crippen molar-refractivity contribution in [3.63, 3.8) is 0 Å². The Morgan fingerprint density at radius 1 is 1.36 bits per heavy atom. The normalized spacial score (nSPS) is 10.1. The lowest BCUT2D eigenvalue weighted by molar-refractivity contribution is 0.445. The summed E-state index contributed by atoms with van der Waals surface area (Å²) in [6.45, 7) is 0. The molecule has 0 atom stereocenters. The molecule has 0 amide bonds. The molecule has 0 saturated carbocycles. The van der Waals surface area contributed by atoms with Gasteiger partial charge in [0.1, 0.15) is 10.9 Å². The topological polar surface area (TPSA) is 37.9 Å². The first-order valence-electron chi connectivity index (χ1n) is 3.88. The molecule has 1 aromatic carbocycles. The van der Waals surface area contributed by atoms with E-state index >= 15 is 0 Å². The average molecular weight is 274 g/mol. The van der Waals surface area contributed by atoms with Crippen LogP contribution in [0.15, 0.2) is 34.9 Å². The molecule has 1 N–H and O–H groups in total. The molecule has 72 valence electrons. The summed E-state index contributed by atoms with van der Waals surface area (Å²) >= 11 is 9.02. The highest BCUT2D eigenvalue weighted by molar-refractivity contribution is 9.10. The zero-order valence-corrected chi connectivity index (χ0v) is 9.34. The molecule has 0 saturated heterocycles. The van der Waals surface area contributed by atoms with Crippen LogP contribution in [0.1, 0.15) is 0 Å². The number of imidazole rings is 1. The number of nitrogens with zero attached hydrogens (tertiary/aromatic N) is 1. The zero-order valence-electron chi connectivity index (χ0n) is 7.00. The smallest absolute Gasteiger partial charge is 0.300 e. The van der Waals surface area contributed by atoms with E-state index in [1.54, 1.807) is 0 Å². The molecule has 0 radical (unpaired) electrons. The largest absolute Gasteiger partial charge is 0.424 e. The Balaban J connectivity index is 2.23. The van der Waals surface area contributed by atoms with Crippen LogP contribution in [0.4, 0.5) is 0 Å². The number of nitrogens with one attached hydrogen (secondary N) is 1. The lowest BCUT2D eigenvalue weighted by Crippen LogP contribution is -1.86. The van der Waals surface area contributed by atoms with E-state index in [4.69, 9.17) is 16.3 Å². The van der Waals surface area contributed by atoms with Gasteiger partial charge in [-0.15, -0.1) is 0 Å². The maximum absolute atomic E-state index is 5.66. The van der Waals surface area contributed by atoms with E-state index < -0.39 is 0 Å². The number of hydrogen-bond acceptors (Lipinski definition) is 2. The van der Waals surface area contributed by atoms with Crippen molar-refractivity contribution < 1.29 is 4.74 Å². The number of ether oxygens (including phenoxy) is 1. The van der Waals surface area contributed by atoms with Crippen LogP contribution >= 0.6 is 27.5 Å². The number of H-pyrrole nitrogens is 1. The molecule has 0 unspecified atom stereocenters. The number of para-hydroxylation sites is 1. The second-order valence-corrected chi connectivity index (χ2v) is 3.83. The Labute approximate surface area is 94.2 Å². The summed E-state index contributed by atoms with van der Waals surface area (Å²) in [4.78, 5) is 6.68. The summed E-state index contributed by atoms with van der Waals surface area (Å²) in [6.07, 6.45) is 1.49. The van der Waals surface area contributed by atoms with Crippen LogP contribution in [-0.4, -0.2) is 9.97 Å². The van der Waals surface area contributed by atoms with E-state index in [9.17, 15) is 0 Å². The third-order valence-electron chi connectivity index (χ3n) is 1.56. The van der Waals surface area contributed by atoms with Gasteiger partial charge >= 0.3 is 0 Å². The van der Waals surface area contributed by atoms with Crippen LogP contribution in [0.3, 0.4) is 0 Å². The molecule has 3 nitrogen and oxygen atoms in total. The molecule has 0 aliphatic rings. The van der Waals surface area contributed by atoms with Crippen LogP contribution < -0.4 is 4.74 Å². The van der Waals surface area contributed by atoms with Crippen LogP contribution in [0.25, 0.3) is 0 Å². The van der Waals surface area contributed by atoms with Crippen molar-refractivity contribution in [2.75, 3.05) is 0 Å². The third-order valence-corrected chi connectivity index (χ3v) is 2.41. The lowest BCUT2D eigenvalue weighted by atomic mass is 10.3. The fraction of sp³-hybridized carbons (Fsp3) is 0. The molecule has 14 heavy (non-hydrogen) atoms. The number of rotatable bonds is 2. The van der Waals surface area contributed by atoms with Gasteiger partial charge in [-0.1, -0.05) is 23.7 Å². The molecule has 1 aromatic heterocycles. The van der Waals surface area contributed by atoms with Gasteiger partial charge in [0.2, 0.25) is 0 Å². The van der Waals surface area contributed by atoms with Gasteiger partial charge in [-0.25, -0.2) is 4.98 Å². The van der Waals surface area contributed by atoms with Gasteiger partial charge in [0, 0.05) is 0 Å². The minimum Gasteiger partial charge on any atom is -0.424 e. The van der Waals surface area contributed by atoms with Crippen LogP contribution in [0, 0.1) is 0 Å². The maximum atomic E-state index is 5.66. The van der Waals surface area contributed by atoms with E-state index in [0.717, 1.165) is 4.47 Å². The minimum absolute atomic E-state index is 0.377. The fourth-order valence-electron chi connectivity index (χ4n) is 0.966. The first kappa shape index (κ1) is 9.55. The lowest BCUT2D eigenvalue weighted by Gasteiger charge is -2.02. The molecule has 0 aliphatic heterocycles. The fourth-order valence-corrected chi connectivity index (χ4v) is 1.46. The highest BCUT2D eigenvalue weighted by Crippen LogP contribution is 2.27.